The van der Waals surface area contributed by atoms with E-state index in [0.29, 0.717) is 13.2 Å². The largest absolute Gasteiger partial charge is 0.466 e. The summed E-state index contributed by atoms with van der Waals surface area (Å²) in [6, 6.07) is 35.2. The van der Waals surface area contributed by atoms with Gasteiger partial charge in [-0.15, -0.1) is 0 Å². The summed E-state index contributed by atoms with van der Waals surface area (Å²) in [6.07, 6.45) is 0.227. The Kier molecular flexibility index (Phi) is 8.64. The van der Waals surface area contributed by atoms with E-state index in [-0.39, 0.29) is 30.3 Å². The molecule has 0 heterocycles. The van der Waals surface area contributed by atoms with E-state index in [4.69, 9.17) is 4.74 Å². The van der Waals surface area contributed by atoms with Crippen LogP contribution in [0, 0.1) is 5.82 Å². The number of hydrogen-bond acceptors (Lipinski definition) is 3. The number of carbonyl (C=O) groups is 1. The van der Waals surface area contributed by atoms with Gasteiger partial charge in [0.1, 0.15) is 5.82 Å². The molecule has 0 bridgehead atoms. The maximum atomic E-state index is 13.5. The van der Waals surface area contributed by atoms with Crippen molar-refractivity contribution in [1.29, 1.82) is 0 Å². The second-order valence-corrected chi connectivity index (χ2v) is 8.90. The first-order valence-corrected chi connectivity index (χ1v) is 12.4. The van der Waals surface area contributed by atoms with E-state index in [1.807, 2.05) is 55.5 Å². The van der Waals surface area contributed by atoms with Crippen LogP contribution in [0.2, 0.25) is 0 Å². The van der Waals surface area contributed by atoms with Crippen LogP contribution in [0.4, 0.5) is 4.39 Å². The van der Waals surface area contributed by atoms with Crippen LogP contribution in [0.5, 0.6) is 0 Å². The van der Waals surface area contributed by atoms with Gasteiger partial charge in [-0.25, -0.2) is 4.39 Å². The fourth-order valence-corrected chi connectivity index (χ4v) is 4.61. The highest BCUT2D eigenvalue weighted by molar-refractivity contribution is 5.71. The molecule has 0 aliphatic heterocycles. The molecule has 0 aliphatic rings. The summed E-state index contributed by atoms with van der Waals surface area (Å²) in [7, 11) is 0. The van der Waals surface area contributed by atoms with Gasteiger partial charge in [-0.1, -0.05) is 91.0 Å². The summed E-state index contributed by atoms with van der Waals surface area (Å²) in [5, 5.41) is 0. The number of benzene rings is 4. The summed E-state index contributed by atoms with van der Waals surface area (Å²) in [4.78, 5) is 15.2. The molecule has 0 spiro atoms. The third kappa shape index (κ3) is 6.46. The lowest BCUT2D eigenvalue weighted by molar-refractivity contribution is -0.145. The predicted octanol–water partition coefficient (Wildman–Crippen LogP) is 7.75. The van der Waals surface area contributed by atoms with Crippen molar-refractivity contribution in [2.24, 2.45) is 0 Å². The lowest BCUT2D eigenvalue weighted by atomic mass is 9.94. The van der Waals surface area contributed by atoms with Crippen molar-refractivity contribution >= 4 is 5.97 Å². The molecule has 4 aromatic rings. The molecule has 3 nitrogen and oxygen atoms in total. The molecular formula is C32H32FNO2. The Morgan fingerprint density at radius 2 is 1.44 bits per heavy atom. The smallest absolute Gasteiger partial charge is 0.307 e. The third-order valence-electron chi connectivity index (χ3n) is 6.50. The molecule has 0 amide bonds. The first-order valence-electron chi connectivity index (χ1n) is 12.4. The summed E-state index contributed by atoms with van der Waals surface area (Å²) in [6.45, 7) is 5.02. The van der Waals surface area contributed by atoms with E-state index in [1.165, 1.54) is 23.3 Å². The Hall–Kier alpha value is -3.76. The fourth-order valence-electron chi connectivity index (χ4n) is 4.61. The standard InChI is InChI=1S/C32H32FNO2/c1-3-36-32(35)22-31(29-16-10-15-28(21-29)27-17-19-30(33)20-18-27)34(23-25-11-6-4-7-12-25)24(2)26-13-8-5-9-14-26/h4-21,24,31H,3,22-23H2,1-2H3/t24-,31+/m1/s1. The van der Waals surface area contributed by atoms with Crippen LogP contribution in [0.1, 0.15) is 49.0 Å². The first-order chi connectivity index (χ1) is 17.5. The molecular weight excluding hydrogens is 449 g/mol. The molecule has 4 rings (SSSR count). The van der Waals surface area contributed by atoms with Gasteiger partial charge in [0.2, 0.25) is 0 Å². The predicted molar refractivity (Wildman–Crippen MR) is 143 cm³/mol. The van der Waals surface area contributed by atoms with Crippen molar-refractivity contribution in [3.8, 4) is 11.1 Å². The third-order valence-corrected chi connectivity index (χ3v) is 6.50. The minimum Gasteiger partial charge on any atom is -0.466 e. The number of ether oxygens (including phenoxy) is 1. The Morgan fingerprint density at radius 1 is 0.806 bits per heavy atom. The molecule has 0 radical (unpaired) electrons. The number of esters is 1. The Morgan fingerprint density at radius 3 is 2.11 bits per heavy atom. The van der Waals surface area contributed by atoms with Gasteiger partial charge in [0.05, 0.1) is 13.0 Å². The molecule has 0 N–H and O–H groups in total. The zero-order valence-electron chi connectivity index (χ0n) is 20.8. The Labute approximate surface area is 213 Å². The SMILES string of the molecule is CCOC(=O)C[C@@H](c1cccc(-c2ccc(F)cc2)c1)N(Cc1ccccc1)[C@H](C)c1ccccc1. The highest BCUT2D eigenvalue weighted by atomic mass is 19.1. The van der Waals surface area contributed by atoms with Gasteiger partial charge in [-0.2, -0.15) is 0 Å². The molecule has 0 fully saturated rings. The van der Waals surface area contributed by atoms with Crippen molar-refractivity contribution in [2.75, 3.05) is 6.61 Å². The van der Waals surface area contributed by atoms with Crippen LogP contribution in [0.3, 0.4) is 0 Å². The number of hydrogen-bond donors (Lipinski definition) is 0. The number of carbonyl (C=O) groups excluding carboxylic acids is 1. The fraction of sp³-hybridized carbons (Fsp3) is 0.219. The van der Waals surface area contributed by atoms with Crippen LogP contribution >= 0.6 is 0 Å². The Bertz CT molecular complexity index is 1240. The lowest BCUT2D eigenvalue weighted by Gasteiger charge is -2.37. The van der Waals surface area contributed by atoms with E-state index in [0.717, 1.165) is 16.7 Å². The van der Waals surface area contributed by atoms with E-state index >= 15 is 0 Å². The van der Waals surface area contributed by atoms with Gasteiger partial charge in [0.15, 0.2) is 0 Å². The van der Waals surface area contributed by atoms with Gasteiger partial charge < -0.3 is 4.74 Å². The van der Waals surface area contributed by atoms with Crippen LogP contribution in [0.15, 0.2) is 109 Å². The highest BCUT2D eigenvalue weighted by Gasteiger charge is 2.29. The molecule has 0 aromatic heterocycles. The maximum Gasteiger partial charge on any atom is 0.307 e. The van der Waals surface area contributed by atoms with E-state index in [1.54, 1.807) is 12.1 Å². The van der Waals surface area contributed by atoms with Crippen molar-refractivity contribution in [1.82, 2.24) is 4.90 Å². The average Bonchev–Trinajstić information content (AvgIpc) is 2.92. The van der Waals surface area contributed by atoms with Crippen molar-refractivity contribution in [3.63, 3.8) is 0 Å². The monoisotopic (exact) mass is 481 g/mol. The van der Waals surface area contributed by atoms with Gasteiger partial charge in [0.25, 0.3) is 0 Å². The molecule has 4 heteroatoms. The second kappa shape index (κ2) is 12.3. The van der Waals surface area contributed by atoms with E-state index < -0.39 is 0 Å². The zero-order chi connectivity index (χ0) is 25.3. The molecule has 0 saturated heterocycles. The molecule has 0 aliphatic carbocycles. The maximum absolute atomic E-state index is 13.5. The molecule has 4 aromatic carbocycles. The molecule has 184 valence electrons. The van der Waals surface area contributed by atoms with Crippen molar-refractivity contribution in [2.45, 2.75) is 38.9 Å². The normalized spacial score (nSPS) is 12.8. The van der Waals surface area contributed by atoms with Crippen LogP contribution in [0.25, 0.3) is 11.1 Å². The minimum absolute atomic E-state index is 0.0420. The summed E-state index contributed by atoms with van der Waals surface area (Å²) >= 11 is 0. The molecule has 2 atom stereocenters. The van der Waals surface area contributed by atoms with Crippen LogP contribution in [-0.2, 0) is 16.1 Å². The van der Waals surface area contributed by atoms with Crippen molar-refractivity contribution in [3.05, 3.63) is 132 Å². The summed E-state index contributed by atoms with van der Waals surface area (Å²) < 4.78 is 18.9. The number of nitrogens with zero attached hydrogens (tertiary/aromatic N) is 1. The van der Waals surface area contributed by atoms with Gasteiger partial charge in [-0.3, -0.25) is 9.69 Å². The van der Waals surface area contributed by atoms with Gasteiger partial charge in [-0.05, 0) is 59.9 Å². The number of rotatable bonds is 10. The second-order valence-electron chi connectivity index (χ2n) is 8.90. The average molecular weight is 482 g/mol. The quantitative estimate of drug-likeness (QED) is 0.217. The highest BCUT2D eigenvalue weighted by Crippen LogP contribution is 2.36. The first kappa shape index (κ1) is 25.3. The van der Waals surface area contributed by atoms with Crippen LogP contribution < -0.4 is 0 Å². The summed E-state index contributed by atoms with van der Waals surface area (Å²) in [5.74, 6) is -0.492. The van der Waals surface area contributed by atoms with Crippen molar-refractivity contribution < 1.29 is 13.9 Å². The molecule has 36 heavy (non-hydrogen) atoms. The minimum atomic E-state index is -0.263. The van der Waals surface area contributed by atoms with Crippen LogP contribution in [-0.4, -0.2) is 17.5 Å². The van der Waals surface area contributed by atoms with Gasteiger partial charge >= 0.3 is 5.97 Å². The summed E-state index contributed by atoms with van der Waals surface area (Å²) in [5.41, 5.74) is 5.27. The topological polar surface area (TPSA) is 29.5 Å². The zero-order valence-corrected chi connectivity index (χ0v) is 20.8. The van der Waals surface area contributed by atoms with E-state index in [2.05, 4.69) is 48.2 Å². The molecule has 0 unspecified atom stereocenters. The lowest BCUT2D eigenvalue weighted by Crippen LogP contribution is -2.33. The molecule has 0 saturated carbocycles. The van der Waals surface area contributed by atoms with E-state index in [9.17, 15) is 9.18 Å². The number of halogens is 1. The van der Waals surface area contributed by atoms with Gasteiger partial charge in [0, 0.05) is 18.6 Å². The Balaban J connectivity index is 1.78.